The number of hydrogen-bond donors (Lipinski definition) is 0. The Morgan fingerprint density at radius 3 is 2.70 bits per heavy atom. The molecule has 0 radical (unpaired) electrons. The van der Waals surface area contributed by atoms with E-state index in [1.54, 1.807) is 13.0 Å². The summed E-state index contributed by atoms with van der Waals surface area (Å²) in [6, 6.07) is 13.8. The lowest BCUT2D eigenvalue weighted by molar-refractivity contribution is 0.0526. The number of carbonyl (C=O) groups is 1. The van der Waals surface area contributed by atoms with Crippen molar-refractivity contribution in [3.8, 4) is 5.75 Å². The SMILES string of the molecule is CCOC(=O)c1cccc(COc2ccc3c(c2)CCCC3)c1. The lowest BCUT2D eigenvalue weighted by Crippen LogP contribution is -2.06. The van der Waals surface area contributed by atoms with Crippen LogP contribution in [0.3, 0.4) is 0 Å². The van der Waals surface area contributed by atoms with Crippen molar-refractivity contribution >= 4 is 5.97 Å². The summed E-state index contributed by atoms with van der Waals surface area (Å²) in [7, 11) is 0. The first-order valence-electron chi connectivity index (χ1n) is 8.27. The molecule has 0 saturated heterocycles. The van der Waals surface area contributed by atoms with Crippen LogP contribution in [0.4, 0.5) is 0 Å². The van der Waals surface area contributed by atoms with Gasteiger partial charge in [0.25, 0.3) is 0 Å². The number of ether oxygens (including phenoxy) is 2. The van der Waals surface area contributed by atoms with Gasteiger partial charge in [0, 0.05) is 0 Å². The molecule has 0 heterocycles. The summed E-state index contributed by atoms with van der Waals surface area (Å²) in [6.07, 6.45) is 4.87. The van der Waals surface area contributed by atoms with Crippen LogP contribution in [-0.2, 0) is 24.2 Å². The van der Waals surface area contributed by atoms with E-state index in [2.05, 4.69) is 12.1 Å². The van der Waals surface area contributed by atoms with Crippen molar-refractivity contribution in [2.24, 2.45) is 0 Å². The lowest BCUT2D eigenvalue weighted by atomic mass is 9.92. The van der Waals surface area contributed by atoms with Gasteiger partial charge in [-0.1, -0.05) is 18.2 Å². The van der Waals surface area contributed by atoms with Crippen molar-refractivity contribution in [3.05, 3.63) is 64.7 Å². The number of esters is 1. The van der Waals surface area contributed by atoms with Crippen molar-refractivity contribution in [1.29, 1.82) is 0 Å². The summed E-state index contributed by atoms with van der Waals surface area (Å²) in [6.45, 7) is 2.64. The molecule has 1 aliphatic rings. The molecule has 3 nitrogen and oxygen atoms in total. The Hall–Kier alpha value is -2.29. The Labute approximate surface area is 137 Å². The van der Waals surface area contributed by atoms with Crippen LogP contribution in [0.2, 0.25) is 0 Å². The fourth-order valence-corrected chi connectivity index (χ4v) is 2.97. The molecule has 1 aliphatic carbocycles. The van der Waals surface area contributed by atoms with E-state index in [1.807, 2.05) is 24.3 Å². The van der Waals surface area contributed by atoms with Gasteiger partial charge >= 0.3 is 5.97 Å². The van der Waals surface area contributed by atoms with Crippen LogP contribution in [0.25, 0.3) is 0 Å². The van der Waals surface area contributed by atoms with Gasteiger partial charge in [-0.3, -0.25) is 0 Å². The first-order valence-corrected chi connectivity index (χ1v) is 8.27. The van der Waals surface area contributed by atoms with Crippen LogP contribution in [0.15, 0.2) is 42.5 Å². The smallest absolute Gasteiger partial charge is 0.338 e. The second-order valence-electron chi connectivity index (χ2n) is 5.85. The first-order chi connectivity index (χ1) is 11.3. The molecule has 0 unspecified atom stereocenters. The molecule has 0 aromatic heterocycles. The molecule has 0 bridgehead atoms. The molecule has 120 valence electrons. The van der Waals surface area contributed by atoms with Gasteiger partial charge in [0.1, 0.15) is 12.4 Å². The van der Waals surface area contributed by atoms with Gasteiger partial charge in [0.15, 0.2) is 0 Å². The number of fused-ring (bicyclic) bond motifs is 1. The maximum absolute atomic E-state index is 11.8. The average Bonchev–Trinajstić information content (AvgIpc) is 2.60. The molecule has 0 aliphatic heterocycles. The molecule has 3 heteroatoms. The molecule has 0 saturated carbocycles. The fourth-order valence-electron chi connectivity index (χ4n) is 2.97. The standard InChI is InChI=1S/C20H22O3/c1-2-22-20(21)18-9-5-6-15(12-18)14-23-19-11-10-16-7-3-4-8-17(16)13-19/h5-6,9-13H,2-4,7-8,14H2,1H3. The lowest BCUT2D eigenvalue weighted by Gasteiger charge is -2.17. The van der Waals surface area contributed by atoms with Crippen LogP contribution in [0, 0.1) is 0 Å². The van der Waals surface area contributed by atoms with E-state index in [-0.39, 0.29) is 5.97 Å². The minimum Gasteiger partial charge on any atom is -0.489 e. The summed E-state index contributed by atoms with van der Waals surface area (Å²) >= 11 is 0. The number of aryl methyl sites for hydroxylation is 2. The van der Waals surface area contributed by atoms with Crippen molar-refractivity contribution in [1.82, 2.24) is 0 Å². The van der Waals surface area contributed by atoms with Crippen LogP contribution in [0.5, 0.6) is 5.75 Å². The zero-order valence-electron chi connectivity index (χ0n) is 13.5. The van der Waals surface area contributed by atoms with Crippen molar-refractivity contribution in [3.63, 3.8) is 0 Å². The van der Waals surface area contributed by atoms with Gasteiger partial charge in [-0.25, -0.2) is 4.79 Å². The number of carbonyl (C=O) groups excluding carboxylic acids is 1. The van der Waals surface area contributed by atoms with E-state index in [0.29, 0.717) is 18.8 Å². The van der Waals surface area contributed by atoms with Crippen molar-refractivity contribution < 1.29 is 14.3 Å². The predicted octanol–water partition coefficient (Wildman–Crippen LogP) is 4.32. The van der Waals surface area contributed by atoms with Gasteiger partial charge in [-0.2, -0.15) is 0 Å². The van der Waals surface area contributed by atoms with E-state index in [4.69, 9.17) is 9.47 Å². The Morgan fingerprint density at radius 2 is 1.87 bits per heavy atom. The molecule has 0 fully saturated rings. The maximum atomic E-state index is 11.8. The van der Waals surface area contributed by atoms with E-state index in [0.717, 1.165) is 17.7 Å². The fraction of sp³-hybridized carbons (Fsp3) is 0.350. The quantitative estimate of drug-likeness (QED) is 0.772. The molecule has 3 rings (SSSR count). The van der Waals surface area contributed by atoms with Gasteiger partial charge < -0.3 is 9.47 Å². The second kappa shape index (κ2) is 7.32. The normalized spacial score (nSPS) is 13.3. The molecule has 2 aromatic rings. The van der Waals surface area contributed by atoms with Gasteiger partial charge in [-0.05, 0) is 73.6 Å². The molecule has 0 N–H and O–H groups in total. The third-order valence-corrected chi connectivity index (χ3v) is 4.16. The van der Waals surface area contributed by atoms with Gasteiger partial charge in [0.2, 0.25) is 0 Å². The first kappa shape index (κ1) is 15.6. The highest BCUT2D eigenvalue weighted by molar-refractivity contribution is 5.89. The van der Waals surface area contributed by atoms with E-state index < -0.39 is 0 Å². The Balaban J connectivity index is 1.66. The molecule has 0 spiro atoms. The highest BCUT2D eigenvalue weighted by atomic mass is 16.5. The van der Waals surface area contributed by atoms with Crippen LogP contribution in [-0.4, -0.2) is 12.6 Å². The molecule has 23 heavy (non-hydrogen) atoms. The summed E-state index contributed by atoms with van der Waals surface area (Å²) < 4.78 is 10.9. The predicted molar refractivity (Wildman–Crippen MR) is 89.8 cm³/mol. The van der Waals surface area contributed by atoms with Gasteiger partial charge in [0.05, 0.1) is 12.2 Å². The minimum atomic E-state index is -0.289. The number of rotatable bonds is 5. The van der Waals surface area contributed by atoms with E-state index in [1.165, 1.54) is 30.4 Å². The summed E-state index contributed by atoms with van der Waals surface area (Å²) in [5.41, 5.74) is 4.40. The molecular weight excluding hydrogens is 288 g/mol. The number of benzene rings is 2. The maximum Gasteiger partial charge on any atom is 0.338 e. The third kappa shape index (κ3) is 3.92. The Kier molecular flexibility index (Phi) is 4.96. The molecule has 0 atom stereocenters. The largest absolute Gasteiger partial charge is 0.489 e. The zero-order valence-corrected chi connectivity index (χ0v) is 13.5. The van der Waals surface area contributed by atoms with Crippen LogP contribution >= 0.6 is 0 Å². The Bertz CT molecular complexity index is 691. The average molecular weight is 310 g/mol. The summed E-state index contributed by atoms with van der Waals surface area (Å²) in [5, 5.41) is 0. The highest BCUT2D eigenvalue weighted by Gasteiger charge is 2.10. The van der Waals surface area contributed by atoms with Crippen LogP contribution in [0.1, 0.15) is 46.8 Å². The monoisotopic (exact) mass is 310 g/mol. The minimum absolute atomic E-state index is 0.289. The molecule has 0 amide bonds. The van der Waals surface area contributed by atoms with E-state index >= 15 is 0 Å². The zero-order chi connectivity index (χ0) is 16.1. The highest BCUT2D eigenvalue weighted by Crippen LogP contribution is 2.25. The number of hydrogen-bond acceptors (Lipinski definition) is 3. The van der Waals surface area contributed by atoms with Gasteiger partial charge in [-0.15, -0.1) is 0 Å². The molecular formula is C20H22O3. The summed E-state index contributed by atoms with van der Waals surface area (Å²) in [4.78, 5) is 11.8. The third-order valence-electron chi connectivity index (χ3n) is 4.16. The van der Waals surface area contributed by atoms with Crippen LogP contribution < -0.4 is 4.74 Å². The topological polar surface area (TPSA) is 35.5 Å². The summed E-state index contributed by atoms with van der Waals surface area (Å²) in [5.74, 6) is 0.607. The molecule has 2 aromatic carbocycles. The second-order valence-corrected chi connectivity index (χ2v) is 5.85. The van der Waals surface area contributed by atoms with E-state index in [9.17, 15) is 4.79 Å². The van der Waals surface area contributed by atoms with Crippen molar-refractivity contribution in [2.45, 2.75) is 39.2 Å². The Morgan fingerprint density at radius 1 is 1.04 bits per heavy atom. The van der Waals surface area contributed by atoms with Crippen molar-refractivity contribution in [2.75, 3.05) is 6.61 Å².